The van der Waals surface area contributed by atoms with E-state index in [1.54, 1.807) is 11.8 Å². The zero-order chi connectivity index (χ0) is 9.28. The molecular formula is C5H12FeNO3S. The van der Waals surface area contributed by atoms with E-state index >= 15 is 0 Å². The molecule has 4 N–H and O–H groups in total. The molecule has 0 saturated carbocycles. The van der Waals surface area contributed by atoms with Crippen molar-refractivity contribution in [2.24, 2.45) is 5.73 Å². The predicted molar refractivity (Wildman–Crippen MR) is 40.8 cm³/mol. The minimum atomic E-state index is -0.913. The molecule has 6 heteroatoms. The van der Waals surface area contributed by atoms with Crippen LogP contribution in [-0.2, 0) is 21.1 Å². The van der Waals surface area contributed by atoms with Crippen molar-refractivity contribution in [1.82, 2.24) is 0 Å². The van der Waals surface area contributed by atoms with Gasteiger partial charge >= 0.3 is 26.5 Å². The Hall–Kier alpha value is 0.259. The first kappa shape index (κ1) is 13.8. The van der Waals surface area contributed by atoms with E-state index in [1.165, 1.54) is 0 Å². The van der Waals surface area contributed by atoms with Crippen LogP contribution in [0.4, 0.5) is 0 Å². The average molecular weight is 222 g/mol. The van der Waals surface area contributed by atoms with E-state index in [1.807, 2.05) is 6.26 Å². The molecule has 0 spiro atoms. The van der Waals surface area contributed by atoms with Gasteiger partial charge in [0.05, 0.1) is 0 Å². The average Bonchev–Trinajstić information content (AvgIpc) is 2.03. The number of aliphatic carboxylic acids is 1. The second-order valence-electron chi connectivity index (χ2n) is 1.73. The van der Waals surface area contributed by atoms with Gasteiger partial charge in [-0.15, -0.1) is 0 Å². The van der Waals surface area contributed by atoms with E-state index < -0.39 is 12.0 Å². The number of carboxylic acids is 1. The van der Waals surface area contributed by atoms with Gasteiger partial charge in [0.2, 0.25) is 0 Å². The first-order valence-electron chi connectivity index (χ1n) is 2.81. The van der Waals surface area contributed by atoms with E-state index in [0.29, 0.717) is 6.42 Å². The summed E-state index contributed by atoms with van der Waals surface area (Å²) >= 11 is 3.85. The maximum atomic E-state index is 10.1. The Morgan fingerprint density at radius 3 is 2.45 bits per heavy atom. The molecule has 0 saturated heterocycles. The Balaban J connectivity index is 0. The molecule has 0 aromatic rings. The molecule has 0 aromatic heterocycles. The standard InChI is InChI=1S/C5H11NO2S.Fe.H2O/c1-9-3-2-4(6)5(7)8;;/h4H,2-3,6H2,1H3,(H,7,8);;1H2/q;+1;/p-1. The Morgan fingerprint density at radius 2 is 2.18 bits per heavy atom. The normalized spacial score (nSPS) is 11.3. The van der Waals surface area contributed by atoms with E-state index in [0.717, 1.165) is 5.75 Å². The van der Waals surface area contributed by atoms with Crippen LogP contribution in [-0.4, -0.2) is 33.3 Å². The van der Waals surface area contributed by atoms with Gasteiger partial charge in [-0.2, -0.15) is 11.8 Å². The van der Waals surface area contributed by atoms with E-state index in [2.05, 4.69) is 16.3 Å². The Kier molecular flexibility index (Phi) is 12.9. The molecule has 0 aromatic carbocycles. The molecule has 0 rings (SSSR count). The van der Waals surface area contributed by atoms with Gasteiger partial charge in [0.1, 0.15) is 6.04 Å². The molecular weight excluding hydrogens is 210 g/mol. The quantitative estimate of drug-likeness (QED) is 0.563. The van der Waals surface area contributed by atoms with E-state index in [4.69, 9.17) is 15.0 Å². The number of carboxylic acid groups (broad SMARTS) is 1. The summed E-state index contributed by atoms with van der Waals surface area (Å²) in [6.07, 6.45) is 2.48. The summed E-state index contributed by atoms with van der Waals surface area (Å²) < 4.78 is 6.75. The second-order valence-corrected chi connectivity index (χ2v) is 2.71. The Morgan fingerprint density at radius 1 is 1.73 bits per heavy atom. The molecule has 0 aliphatic carbocycles. The van der Waals surface area contributed by atoms with Crippen molar-refractivity contribution in [3.63, 3.8) is 0 Å². The Labute approximate surface area is 78.7 Å². The molecule has 1 unspecified atom stereocenters. The number of thioether (sulfide) groups is 1. The molecule has 0 aliphatic rings. The number of nitrogens with two attached hydrogens (primary N) is 1. The summed E-state index contributed by atoms with van der Waals surface area (Å²) in [6.45, 7) is 0. The molecule has 4 nitrogen and oxygen atoms in total. The first-order chi connectivity index (χ1) is 5.18. The van der Waals surface area contributed by atoms with Crippen LogP contribution in [0.5, 0.6) is 0 Å². The summed E-state index contributed by atoms with van der Waals surface area (Å²) in [5, 5.41) is 8.27. The number of hydrogen-bond acceptors (Lipinski definition) is 4. The summed E-state index contributed by atoms with van der Waals surface area (Å²) in [5.41, 5.74) is 5.19. The van der Waals surface area contributed by atoms with Gasteiger partial charge in [0.15, 0.2) is 0 Å². The van der Waals surface area contributed by atoms with Crippen molar-refractivity contribution >= 4 is 17.7 Å². The van der Waals surface area contributed by atoms with Crippen LogP contribution in [0.2, 0.25) is 0 Å². The summed E-state index contributed by atoms with van der Waals surface area (Å²) in [4.78, 5) is 10.1. The SMILES string of the molecule is CSCCC(N)C(=O)O.[OH][Fe]. The third-order valence-electron chi connectivity index (χ3n) is 0.950. The van der Waals surface area contributed by atoms with Crippen LogP contribution in [0.3, 0.4) is 0 Å². The monoisotopic (exact) mass is 222 g/mol. The fourth-order valence-corrected chi connectivity index (χ4v) is 0.858. The van der Waals surface area contributed by atoms with Gasteiger partial charge in [-0.05, 0) is 18.4 Å². The zero-order valence-electron chi connectivity index (χ0n) is 6.13. The van der Waals surface area contributed by atoms with Crippen LogP contribution in [0.15, 0.2) is 0 Å². The molecule has 1 atom stereocenters. The van der Waals surface area contributed by atoms with Crippen LogP contribution >= 0.6 is 11.8 Å². The fourth-order valence-electron chi connectivity index (χ4n) is 0.368. The van der Waals surface area contributed by atoms with Crippen molar-refractivity contribution in [2.45, 2.75) is 12.5 Å². The summed E-state index contributed by atoms with van der Waals surface area (Å²) in [6, 6.07) is -0.683. The van der Waals surface area contributed by atoms with Gasteiger partial charge in [0, 0.05) is 0 Å². The Bertz CT molecular complexity index is 104. The zero-order valence-corrected chi connectivity index (χ0v) is 8.05. The van der Waals surface area contributed by atoms with Crippen molar-refractivity contribution in [2.75, 3.05) is 12.0 Å². The third-order valence-corrected chi connectivity index (χ3v) is 1.59. The van der Waals surface area contributed by atoms with Gasteiger partial charge < -0.3 is 10.8 Å². The topological polar surface area (TPSA) is 83.6 Å². The molecule has 0 aliphatic heterocycles. The first-order valence-corrected chi connectivity index (χ1v) is 4.70. The molecule has 0 bridgehead atoms. The van der Waals surface area contributed by atoms with Gasteiger partial charge in [-0.3, -0.25) is 4.79 Å². The van der Waals surface area contributed by atoms with Crippen molar-refractivity contribution < 1.29 is 30.4 Å². The van der Waals surface area contributed by atoms with Gasteiger partial charge in [-0.25, -0.2) is 0 Å². The summed E-state index contributed by atoms with van der Waals surface area (Å²) in [7, 11) is 0. The third kappa shape index (κ3) is 10.3. The van der Waals surface area contributed by atoms with Gasteiger partial charge in [0.25, 0.3) is 0 Å². The second kappa shape index (κ2) is 10.3. The molecule has 0 fully saturated rings. The molecule has 0 radical (unpaired) electrons. The fraction of sp³-hybridized carbons (Fsp3) is 0.800. The van der Waals surface area contributed by atoms with Crippen LogP contribution in [0.1, 0.15) is 6.42 Å². The van der Waals surface area contributed by atoms with Gasteiger partial charge in [-0.1, -0.05) is 0 Å². The molecule has 11 heavy (non-hydrogen) atoms. The van der Waals surface area contributed by atoms with Crippen LogP contribution in [0.25, 0.3) is 0 Å². The van der Waals surface area contributed by atoms with Crippen molar-refractivity contribution in [3.8, 4) is 0 Å². The number of hydrogen-bond donors (Lipinski definition) is 3. The predicted octanol–water partition coefficient (Wildman–Crippen LogP) is -0.408. The molecule has 0 heterocycles. The molecule has 69 valence electrons. The van der Waals surface area contributed by atoms with Crippen molar-refractivity contribution in [3.05, 3.63) is 0 Å². The van der Waals surface area contributed by atoms with E-state index in [9.17, 15) is 4.79 Å². The van der Waals surface area contributed by atoms with Crippen LogP contribution in [0, 0.1) is 0 Å². The summed E-state index contributed by atoms with van der Waals surface area (Å²) in [5.74, 6) is -0.1000. The minimum absolute atomic E-state index is 0.552. The van der Waals surface area contributed by atoms with E-state index in [-0.39, 0.29) is 0 Å². The number of carbonyl (C=O) groups is 1. The van der Waals surface area contributed by atoms with Crippen molar-refractivity contribution in [1.29, 1.82) is 0 Å². The van der Waals surface area contributed by atoms with Crippen LogP contribution < -0.4 is 5.73 Å². The number of rotatable bonds is 4. The molecule has 0 amide bonds. The maximum absolute atomic E-state index is 10.1.